The third-order valence-corrected chi connectivity index (χ3v) is 6.09. The first-order chi connectivity index (χ1) is 11.7. The van der Waals surface area contributed by atoms with E-state index in [1.807, 2.05) is 0 Å². The van der Waals surface area contributed by atoms with Crippen LogP contribution in [0.3, 0.4) is 0 Å². The normalized spacial score (nSPS) is 11.2. The molecule has 0 heterocycles. The molecule has 0 aromatic heterocycles. The Morgan fingerprint density at radius 1 is 0.920 bits per heavy atom. The summed E-state index contributed by atoms with van der Waals surface area (Å²) in [6.45, 7) is 0. The van der Waals surface area contributed by atoms with E-state index in [1.54, 1.807) is 30.3 Å². The second-order valence-corrected chi connectivity index (χ2v) is 8.18. The van der Waals surface area contributed by atoms with Crippen LogP contribution in [0.4, 0.5) is 0 Å². The van der Waals surface area contributed by atoms with Crippen LogP contribution in [0.25, 0.3) is 0 Å². The van der Waals surface area contributed by atoms with E-state index >= 15 is 0 Å². The number of benzene rings is 2. The fourth-order valence-electron chi connectivity index (χ4n) is 1.89. The van der Waals surface area contributed by atoms with Gasteiger partial charge in [0.05, 0.1) is 4.90 Å². The van der Waals surface area contributed by atoms with Crippen molar-refractivity contribution in [1.82, 2.24) is 15.2 Å². The summed E-state index contributed by atoms with van der Waals surface area (Å²) in [6, 6.07) is 12.5. The van der Waals surface area contributed by atoms with Crippen molar-refractivity contribution in [2.24, 2.45) is 0 Å². The monoisotopic (exact) mass is 425 g/mol. The van der Waals surface area contributed by atoms with Crippen LogP contribution in [0.2, 0.25) is 0 Å². The molecule has 0 fully saturated rings. The van der Waals surface area contributed by atoms with Crippen LogP contribution in [0.5, 0.6) is 0 Å². The van der Waals surface area contributed by atoms with E-state index in [1.165, 1.54) is 32.3 Å². The number of rotatable bonds is 4. The van der Waals surface area contributed by atoms with Crippen LogP contribution >= 0.6 is 15.9 Å². The van der Waals surface area contributed by atoms with Gasteiger partial charge >= 0.3 is 0 Å². The predicted molar refractivity (Wildman–Crippen MR) is 96.4 cm³/mol. The highest BCUT2D eigenvalue weighted by Crippen LogP contribution is 2.25. The topological polar surface area (TPSA) is 95.6 Å². The summed E-state index contributed by atoms with van der Waals surface area (Å²) in [5, 5.41) is 0. The van der Waals surface area contributed by atoms with Crippen molar-refractivity contribution in [3.8, 4) is 0 Å². The molecule has 0 bridgehead atoms. The Balaban J connectivity index is 2.16. The number of hydrogen-bond donors (Lipinski definition) is 2. The van der Waals surface area contributed by atoms with Crippen molar-refractivity contribution in [2.45, 2.75) is 4.90 Å². The Hall–Kier alpha value is -2.23. The average molecular weight is 426 g/mol. The van der Waals surface area contributed by atoms with Crippen LogP contribution in [0.1, 0.15) is 20.7 Å². The molecule has 2 aromatic carbocycles. The fourth-order valence-corrected chi connectivity index (χ4v) is 3.73. The molecule has 2 N–H and O–H groups in total. The van der Waals surface area contributed by atoms with Crippen molar-refractivity contribution >= 4 is 37.8 Å². The third-order valence-electron chi connectivity index (χ3n) is 3.28. The van der Waals surface area contributed by atoms with Gasteiger partial charge in [-0.1, -0.05) is 18.2 Å². The summed E-state index contributed by atoms with van der Waals surface area (Å²) in [5.74, 6) is -1.11. The Labute approximate surface area is 154 Å². The Kier molecular flexibility index (Phi) is 5.93. The van der Waals surface area contributed by atoms with Gasteiger partial charge in [0, 0.05) is 29.7 Å². The lowest BCUT2D eigenvalue weighted by atomic mass is 10.2. The van der Waals surface area contributed by atoms with Crippen molar-refractivity contribution in [1.29, 1.82) is 0 Å². The molecule has 0 aliphatic rings. The fraction of sp³-hybridized carbons (Fsp3) is 0.125. The largest absolute Gasteiger partial charge is 0.269 e. The molecular formula is C16H16BrN3O4S. The first kappa shape index (κ1) is 19.1. The van der Waals surface area contributed by atoms with Gasteiger partial charge in [0.2, 0.25) is 10.0 Å². The molecule has 0 aliphatic heterocycles. The van der Waals surface area contributed by atoms with Gasteiger partial charge in [0.1, 0.15) is 0 Å². The van der Waals surface area contributed by atoms with E-state index in [0.29, 0.717) is 10.0 Å². The minimum absolute atomic E-state index is 0.0421. The first-order valence-electron chi connectivity index (χ1n) is 7.11. The van der Waals surface area contributed by atoms with Gasteiger partial charge in [-0.2, -0.15) is 0 Å². The van der Waals surface area contributed by atoms with Gasteiger partial charge < -0.3 is 0 Å². The van der Waals surface area contributed by atoms with Gasteiger partial charge in [-0.25, -0.2) is 12.7 Å². The number of nitrogens with one attached hydrogen (secondary N) is 2. The number of carbonyl (C=O) groups excluding carboxylic acids is 2. The summed E-state index contributed by atoms with van der Waals surface area (Å²) in [5.41, 5.74) is 5.02. The van der Waals surface area contributed by atoms with E-state index in [4.69, 9.17) is 0 Å². The molecule has 0 saturated heterocycles. The number of amides is 2. The lowest BCUT2D eigenvalue weighted by Gasteiger charge is -2.14. The Morgan fingerprint density at radius 2 is 1.48 bits per heavy atom. The molecule has 0 saturated carbocycles. The molecule has 2 amide bonds. The van der Waals surface area contributed by atoms with Crippen LogP contribution in [-0.2, 0) is 10.0 Å². The minimum atomic E-state index is -3.72. The zero-order valence-corrected chi connectivity index (χ0v) is 15.9. The van der Waals surface area contributed by atoms with Gasteiger partial charge in [-0.05, 0) is 46.3 Å². The maximum atomic E-state index is 12.3. The Morgan fingerprint density at radius 3 is 2.04 bits per heavy atom. The molecule has 0 atom stereocenters. The van der Waals surface area contributed by atoms with Crippen molar-refractivity contribution < 1.29 is 18.0 Å². The molecule has 7 nitrogen and oxygen atoms in total. The molecule has 0 spiro atoms. The number of carbonyl (C=O) groups is 2. The summed E-state index contributed by atoms with van der Waals surface area (Å²) in [6.07, 6.45) is 0. The van der Waals surface area contributed by atoms with Crippen LogP contribution in [0, 0.1) is 0 Å². The van der Waals surface area contributed by atoms with Gasteiger partial charge in [-0.3, -0.25) is 20.4 Å². The predicted octanol–water partition coefficient (Wildman–Crippen LogP) is 1.77. The standard InChI is InChI=1S/C16H16BrN3O4S/c1-20(2)25(23,24)14-10-12(8-9-13(14)17)16(22)19-18-15(21)11-6-4-3-5-7-11/h3-10H,1-2H3,(H,18,21)(H,19,22). The lowest BCUT2D eigenvalue weighted by molar-refractivity contribution is 0.0846. The first-order valence-corrected chi connectivity index (χ1v) is 9.34. The molecule has 132 valence electrons. The van der Waals surface area contributed by atoms with Crippen LogP contribution in [0.15, 0.2) is 57.9 Å². The molecule has 0 unspecified atom stereocenters. The van der Waals surface area contributed by atoms with E-state index in [2.05, 4.69) is 26.8 Å². The number of halogens is 1. The highest BCUT2D eigenvalue weighted by Gasteiger charge is 2.22. The highest BCUT2D eigenvalue weighted by molar-refractivity contribution is 9.10. The van der Waals surface area contributed by atoms with Gasteiger partial charge in [0.25, 0.3) is 11.8 Å². The molecule has 2 aromatic rings. The number of hydrogen-bond acceptors (Lipinski definition) is 4. The second kappa shape index (κ2) is 7.77. The molecule has 2 rings (SSSR count). The summed E-state index contributed by atoms with van der Waals surface area (Å²) in [4.78, 5) is 24.1. The number of nitrogens with zero attached hydrogens (tertiary/aromatic N) is 1. The molecule has 9 heteroatoms. The van der Waals surface area contributed by atoms with Crippen molar-refractivity contribution in [3.05, 3.63) is 64.1 Å². The lowest BCUT2D eigenvalue weighted by Crippen LogP contribution is -2.41. The Bertz CT molecular complexity index is 899. The van der Waals surface area contributed by atoms with E-state index < -0.39 is 21.8 Å². The van der Waals surface area contributed by atoms with Crippen molar-refractivity contribution in [2.75, 3.05) is 14.1 Å². The van der Waals surface area contributed by atoms with E-state index in [0.717, 1.165) is 4.31 Å². The SMILES string of the molecule is CN(C)S(=O)(=O)c1cc(C(=O)NNC(=O)c2ccccc2)ccc1Br. The van der Waals surface area contributed by atoms with Crippen LogP contribution in [-0.4, -0.2) is 38.6 Å². The zero-order chi connectivity index (χ0) is 18.6. The average Bonchev–Trinajstić information content (AvgIpc) is 2.60. The smallest absolute Gasteiger partial charge is 0.267 e. The highest BCUT2D eigenvalue weighted by atomic mass is 79.9. The summed E-state index contributed by atoms with van der Waals surface area (Å²) >= 11 is 3.17. The van der Waals surface area contributed by atoms with E-state index in [9.17, 15) is 18.0 Å². The molecule has 0 aliphatic carbocycles. The van der Waals surface area contributed by atoms with Crippen LogP contribution < -0.4 is 10.9 Å². The van der Waals surface area contributed by atoms with E-state index in [-0.39, 0.29) is 10.5 Å². The third kappa shape index (κ3) is 4.44. The maximum Gasteiger partial charge on any atom is 0.269 e. The molecular weight excluding hydrogens is 410 g/mol. The summed E-state index contributed by atoms with van der Waals surface area (Å²) in [7, 11) is -0.924. The second-order valence-electron chi connectivity index (χ2n) is 5.21. The quantitative estimate of drug-likeness (QED) is 0.729. The van der Waals surface area contributed by atoms with Gasteiger partial charge in [0.15, 0.2) is 0 Å². The molecule has 25 heavy (non-hydrogen) atoms. The zero-order valence-electron chi connectivity index (χ0n) is 13.5. The number of hydrazine groups is 1. The minimum Gasteiger partial charge on any atom is -0.267 e. The number of sulfonamides is 1. The summed E-state index contributed by atoms with van der Waals surface area (Å²) < 4.78 is 25.9. The molecule has 0 radical (unpaired) electrons. The van der Waals surface area contributed by atoms with Gasteiger partial charge in [-0.15, -0.1) is 0 Å². The maximum absolute atomic E-state index is 12.3. The van der Waals surface area contributed by atoms with Crippen molar-refractivity contribution in [3.63, 3.8) is 0 Å².